The van der Waals surface area contributed by atoms with Crippen LogP contribution >= 0.6 is 0 Å². The number of carbonyl (C=O) groups excluding carboxylic acids is 1. The van der Waals surface area contributed by atoms with Gasteiger partial charge >= 0.3 is 6.18 Å². The molecule has 7 nitrogen and oxygen atoms in total. The molecule has 0 atom stereocenters. The van der Waals surface area contributed by atoms with Crippen LogP contribution in [0.4, 0.5) is 24.7 Å². The van der Waals surface area contributed by atoms with E-state index in [4.69, 9.17) is 10.8 Å². The number of hydrogen-bond donors (Lipinski definition) is 2. The van der Waals surface area contributed by atoms with Crippen LogP contribution < -0.4 is 11.1 Å². The normalized spacial score (nSPS) is 14.2. The Morgan fingerprint density at radius 3 is 2.63 bits per heavy atom. The Balaban J connectivity index is 1.45. The number of nitrogens with zero attached hydrogens (tertiary/aromatic N) is 4. The zero-order valence-corrected chi connectivity index (χ0v) is 20.6. The van der Waals surface area contributed by atoms with Gasteiger partial charge in [-0.15, -0.1) is 0 Å². The molecule has 1 aliphatic carbocycles. The van der Waals surface area contributed by atoms with E-state index in [1.54, 1.807) is 18.2 Å². The first-order chi connectivity index (χ1) is 18.2. The van der Waals surface area contributed by atoms with Gasteiger partial charge in [-0.2, -0.15) is 18.3 Å². The van der Waals surface area contributed by atoms with Crippen molar-refractivity contribution < 1.29 is 18.0 Å². The number of nitrogens with two attached hydrogens (primary N) is 1. The molecule has 1 fully saturated rings. The maximum atomic E-state index is 13.0. The molecule has 0 bridgehead atoms. The molecule has 1 amide bonds. The molecule has 2 aromatic heterocycles. The Morgan fingerprint density at radius 1 is 1.08 bits per heavy atom. The molecule has 1 saturated carbocycles. The van der Waals surface area contributed by atoms with E-state index in [1.807, 2.05) is 11.6 Å². The molecule has 4 aromatic rings. The molecule has 10 heteroatoms. The zero-order chi connectivity index (χ0) is 26.9. The fourth-order valence-electron chi connectivity index (χ4n) is 4.66. The van der Waals surface area contributed by atoms with Crippen LogP contribution in [0.2, 0.25) is 0 Å². The number of aryl methyl sites for hydroxylation is 1. The summed E-state index contributed by atoms with van der Waals surface area (Å²) in [5.74, 6) is 5.93. The summed E-state index contributed by atoms with van der Waals surface area (Å²) in [7, 11) is 0. The topological polar surface area (TPSA) is 98.7 Å². The van der Waals surface area contributed by atoms with E-state index < -0.39 is 17.6 Å². The van der Waals surface area contributed by atoms with Gasteiger partial charge in [0.2, 0.25) is 0 Å². The maximum absolute atomic E-state index is 13.0. The molecule has 0 radical (unpaired) electrons. The molecule has 5 rings (SSSR count). The first-order valence-corrected chi connectivity index (χ1v) is 12.3. The van der Waals surface area contributed by atoms with Crippen molar-refractivity contribution in [3.8, 4) is 11.8 Å². The predicted molar refractivity (Wildman–Crippen MR) is 138 cm³/mol. The fraction of sp³-hybridized carbons (Fsp3) is 0.286. The number of nitrogen functional groups attached to an aromatic ring is 1. The van der Waals surface area contributed by atoms with Crippen LogP contribution in [-0.2, 0) is 6.18 Å². The summed E-state index contributed by atoms with van der Waals surface area (Å²) in [6.07, 6.45) is 2.40. The average molecular weight is 519 g/mol. The summed E-state index contributed by atoms with van der Waals surface area (Å²) < 4.78 is 41.0. The molecule has 38 heavy (non-hydrogen) atoms. The molecular weight excluding hydrogens is 493 g/mol. The van der Waals surface area contributed by atoms with Crippen LogP contribution in [0.5, 0.6) is 0 Å². The molecule has 0 unspecified atom stereocenters. The van der Waals surface area contributed by atoms with Crippen LogP contribution in [0.15, 0.2) is 48.8 Å². The lowest BCUT2D eigenvalue weighted by molar-refractivity contribution is -0.137. The van der Waals surface area contributed by atoms with Crippen molar-refractivity contribution in [3.05, 3.63) is 76.7 Å². The van der Waals surface area contributed by atoms with Gasteiger partial charge in [0, 0.05) is 16.8 Å². The number of nitrogens with one attached hydrogen (secondary N) is 1. The number of aromatic nitrogens is 4. The molecule has 0 saturated heterocycles. The van der Waals surface area contributed by atoms with Gasteiger partial charge in [0.1, 0.15) is 17.8 Å². The van der Waals surface area contributed by atoms with Crippen molar-refractivity contribution in [1.82, 2.24) is 19.7 Å². The van der Waals surface area contributed by atoms with Gasteiger partial charge in [-0.3, -0.25) is 4.79 Å². The summed E-state index contributed by atoms with van der Waals surface area (Å²) in [6, 6.07) is 9.66. The summed E-state index contributed by atoms with van der Waals surface area (Å²) in [4.78, 5) is 21.4. The molecule has 2 aromatic carbocycles. The number of rotatable bonds is 3. The van der Waals surface area contributed by atoms with Crippen molar-refractivity contribution >= 4 is 28.4 Å². The Morgan fingerprint density at radius 2 is 1.87 bits per heavy atom. The minimum Gasteiger partial charge on any atom is -0.383 e. The second-order valence-electron chi connectivity index (χ2n) is 9.35. The second-order valence-corrected chi connectivity index (χ2v) is 9.35. The van der Waals surface area contributed by atoms with E-state index in [9.17, 15) is 18.0 Å². The summed E-state index contributed by atoms with van der Waals surface area (Å²) in [5, 5.41) is 7.87. The maximum Gasteiger partial charge on any atom is 0.416 e. The molecule has 0 spiro atoms. The van der Waals surface area contributed by atoms with Gasteiger partial charge in [-0.1, -0.05) is 37.3 Å². The average Bonchev–Trinajstić information content (AvgIpc) is 3.28. The molecule has 3 N–H and O–H groups in total. The second kappa shape index (κ2) is 10.2. The minimum atomic E-state index is -4.50. The van der Waals surface area contributed by atoms with Gasteiger partial charge in [0.25, 0.3) is 5.91 Å². The van der Waals surface area contributed by atoms with Crippen LogP contribution in [0.25, 0.3) is 11.0 Å². The van der Waals surface area contributed by atoms with Crippen molar-refractivity contribution in [1.29, 1.82) is 0 Å². The number of anilines is 2. The van der Waals surface area contributed by atoms with Gasteiger partial charge < -0.3 is 11.1 Å². The Labute approximate surface area is 217 Å². The van der Waals surface area contributed by atoms with Gasteiger partial charge in [0.05, 0.1) is 17.0 Å². The van der Waals surface area contributed by atoms with Crippen LogP contribution in [0, 0.1) is 18.8 Å². The quantitative estimate of drug-likeness (QED) is 0.330. The first kappa shape index (κ1) is 25.3. The largest absolute Gasteiger partial charge is 0.416 e. The highest BCUT2D eigenvalue weighted by atomic mass is 19.4. The van der Waals surface area contributed by atoms with Crippen LogP contribution in [0.3, 0.4) is 0 Å². The highest BCUT2D eigenvalue weighted by Crippen LogP contribution is 2.32. The zero-order valence-electron chi connectivity index (χ0n) is 20.6. The van der Waals surface area contributed by atoms with Crippen molar-refractivity contribution in [2.24, 2.45) is 0 Å². The Hall–Kier alpha value is -4.39. The van der Waals surface area contributed by atoms with E-state index in [1.165, 1.54) is 24.9 Å². The highest BCUT2D eigenvalue weighted by molar-refractivity contribution is 6.04. The monoisotopic (exact) mass is 518 g/mol. The van der Waals surface area contributed by atoms with Crippen molar-refractivity contribution in [2.45, 2.75) is 51.2 Å². The van der Waals surface area contributed by atoms with Crippen molar-refractivity contribution in [2.75, 3.05) is 11.1 Å². The first-order valence-electron chi connectivity index (χ1n) is 12.3. The van der Waals surface area contributed by atoms with E-state index in [2.05, 4.69) is 27.1 Å². The third kappa shape index (κ3) is 5.18. The Bertz CT molecular complexity index is 1580. The van der Waals surface area contributed by atoms with E-state index >= 15 is 0 Å². The summed E-state index contributed by atoms with van der Waals surface area (Å²) in [5.41, 5.74) is 8.17. The number of hydrogen-bond acceptors (Lipinski definition) is 5. The smallest absolute Gasteiger partial charge is 0.383 e. The van der Waals surface area contributed by atoms with Crippen LogP contribution in [0.1, 0.15) is 70.9 Å². The fourth-order valence-corrected chi connectivity index (χ4v) is 4.66. The number of amides is 1. The van der Waals surface area contributed by atoms with E-state index in [0.717, 1.165) is 43.4 Å². The van der Waals surface area contributed by atoms with E-state index in [-0.39, 0.29) is 17.3 Å². The number of halogens is 3. The summed E-state index contributed by atoms with van der Waals surface area (Å²) in [6.45, 7) is 1.86. The third-order valence-corrected chi connectivity index (χ3v) is 6.70. The molecular formula is C28H25F3N6O. The number of benzene rings is 2. The third-order valence-electron chi connectivity index (χ3n) is 6.70. The van der Waals surface area contributed by atoms with Crippen LogP contribution in [-0.4, -0.2) is 25.7 Å². The SMILES string of the molecule is Cc1ccc(C(=O)Nc2cccc(C(F)(F)F)c2)cc1C#Cc1nn(C2CCCCC2)c2ncnc(N)c12. The molecule has 1 aliphatic rings. The lowest BCUT2D eigenvalue weighted by Gasteiger charge is -2.22. The van der Waals surface area contributed by atoms with Gasteiger partial charge in [-0.25, -0.2) is 14.6 Å². The Kier molecular flexibility index (Phi) is 6.76. The minimum absolute atomic E-state index is 0.0493. The summed E-state index contributed by atoms with van der Waals surface area (Å²) >= 11 is 0. The van der Waals surface area contributed by atoms with Gasteiger partial charge in [-0.05, 0) is 61.6 Å². The lowest BCUT2D eigenvalue weighted by atomic mass is 9.96. The van der Waals surface area contributed by atoms with Gasteiger partial charge in [0.15, 0.2) is 5.65 Å². The number of fused-ring (bicyclic) bond motifs is 1. The molecule has 194 valence electrons. The standard InChI is InChI=1S/C28H25F3N6O/c1-17-10-11-19(27(38)35-21-7-5-6-20(15-21)28(29,30)31)14-18(17)12-13-23-24-25(32)33-16-34-26(24)37(36-23)22-8-3-2-4-9-22/h5-7,10-11,14-16,22H,2-4,8-9H2,1H3,(H,35,38)(H2,32,33,34). The number of carbonyl (C=O) groups is 1. The predicted octanol–water partition coefficient (Wildman–Crippen LogP) is 5.89. The van der Waals surface area contributed by atoms with E-state index in [0.29, 0.717) is 28.1 Å². The highest BCUT2D eigenvalue weighted by Gasteiger charge is 2.30. The number of alkyl halides is 3. The molecule has 2 heterocycles. The molecule has 0 aliphatic heterocycles. The lowest BCUT2D eigenvalue weighted by Crippen LogP contribution is -2.14. The van der Waals surface area contributed by atoms with Crippen molar-refractivity contribution in [3.63, 3.8) is 0 Å².